The Morgan fingerprint density at radius 2 is 2.10 bits per heavy atom. The Labute approximate surface area is 127 Å². The minimum absolute atomic E-state index is 0.269. The molecule has 21 heavy (non-hydrogen) atoms. The van der Waals surface area contributed by atoms with Gasteiger partial charge in [0, 0.05) is 5.56 Å². The van der Waals surface area contributed by atoms with Gasteiger partial charge in [-0.15, -0.1) is 0 Å². The molecular weight excluding hydrogens is 264 g/mol. The Morgan fingerprint density at radius 1 is 1.38 bits per heavy atom. The second kappa shape index (κ2) is 7.68. The van der Waals surface area contributed by atoms with Crippen molar-refractivity contribution in [3.63, 3.8) is 0 Å². The normalized spacial score (nSPS) is 12.0. The molecule has 1 rings (SSSR count). The highest BCUT2D eigenvalue weighted by Crippen LogP contribution is 2.23. The maximum atomic E-state index is 8.97. The number of hydrogen-bond donors (Lipinski definition) is 1. The van der Waals surface area contributed by atoms with Crippen LogP contribution in [0.4, 0.5) is 0 Å². The van der Waals surface area contributed by atoms with Crippen molar-refractivity contribution >= 4 is 5.71 Å². The molecule has 0 bridgehead atoms. The molecular formula is C17H24N2O2. The van der Waals surface area contributed by atoms with E-state index in [9.17, 15) is 0 Å². The molecule has 0 aliphatic carbocycles. The fraction of sp³-hybridized carbons (Fsp3) is 0.529. The van der Waals surface area contributed by atoms with Crippen LogP contribution in [0.15, 0.2) is 23.4 Å². The molecule has 0 unspecified atom stereocenters. The predicted molar refractivity (Wildman–Crippen MR) is 83.9 cm³/mol. The molecule has 114 valence electrons. The lowest BCUT2D eigenvalue weighted by molar-refractivity contribution is 0.293. The summed E-state index contributed by atoms with van der Waals surface area (Å²) in [5, 5.41) is 21.1. The van der Waals surface area contributed by atoms with Gasteiger partial charge < -0.3 is 9.94 Å². The van der Waals surface area contributed by atoms with Crippen molar-refractivity contribution in [3.05, 3.63) is 29.3 Å². The molecule has 0 aliphatic rings. The van der Waals surface area contributed by atoms with Crippen molar-refractivity contribution in [2.24, 2.45) is 10.6 Å². The molecule has 1 aromatic rings. The van der Waals surface area contributed by atoms with Gasteiger partial charge in [-0.05, 0) is 64.7 Å². The topological polar surface area (TPSA) is 65.6 Å². The van der Waals surface area contributed by atoms with Crippen LogP contribution in [-0.2, 0) is 0 Å². The first-order valence-electron chi connectivity index (χ1n) is 7.23. The van der Waals surface area contributed by atoms with E-state index >= 15 is 0 Å². The van der Waals surface area contributed by atoms with Crippen LogP contribution in [-0.4, -0.2) is 17.5 Å². The number of ether oxygens (including phenoxy) is 1. The van der Waals surface area contributed by atoms with E-state index < -0.39 is 0 Å². The Morgan fingerprint density at radius 3 is 2.71 bits per heavy atom. The van der Waals surface area contributed by atoms with E-state index in [4.69, 9.17) is 15.2 Å². The average molecular weight is 288 g/mol. The molecule has 0 fully saturated rings. The molecule has 0 spiro atoms. The molecule has 0 saturated carbocycles. The summed E-state index contributed by atoms with van der Waals surface area (Å²) < 4.78 is 5.81. The fourth-order valence-electron chi connectivity index (χ4n) is 2.01. The van der Waals surface area contributed by atoms with E-state index in [1.807, 2.05) is 39.0 Å². The van der Waals surface area contributed by atoms with E-state index in [2.05, 4.69) is 11.2 Å². The molecule has 0 aromatic heterocycles. The third-order valence-corrected chi connectivity index (χ3v) is 3.43. The summed E-state index contributed by atoms with van der Waals surface area (Å²) in [6.07, 6.45) is 2.72. The molecule has 0 amide bonds. The monoisotopic (exact) mass is 288 g/mol. The van der Waals surface area contributed by atoms with E-state index in [1.54, 1.807) is 6.92 Å². The zero-order valence-corrected chi connectivity index (χ0v) is 13.3. The Hall–Kier alpha value is -2.02. The van der Waals surface area contributed by atoms with Gasteiger partial charge in [0.1, 0.15) is 5.75 Å². The molecule has 0 saturated heterocycles. The van der Waals surface area contributed by atoms with E-state index in [1.165, 1.54) is 0 Å². The highest BCUT2D eigenvalue weighted by molar-refractivity contribution is 6.00. The quantitative estimate of drug-likeness (QED) is 0.352. The summed E-state index contributed by atoms with van der Waals surface area (Å²) in [7, 11) is 0. The molecule has 0 radical (unpaired) electrons. The van der Waals surface area contributed by atoms with Gasteiger partial charge in [-0.2, -0.15) is 5.26 Å². The van der Waals surface area contributed by atoms with Gasteiger partial charge in [-0.1, -0.05) is 11.2 Å². The Balaban J connectivity index is 2.56. The Bertz CT molecular complexity index is 542. The lowest BCUT2D eigenvalue weighted by Gasteiger charge is -2.15. The van der Waals surface area contributed by atoms with E-state index in [0.717, 1.165) is 36.1 Å². The summed E-state index contributed by atoms with van der Waals surface area (Å²) in [5.41, 5.74) is 2.18. The molecule has 1 aromatic carbocycles. The highest BCUT2D eigenvalue weighted by Gasteiger charge is 2.15. The number of aryl methyl sites for hydroxylation is 1. The highest BCUT2D eigenvalue weighted by atomic mass is 16.5. The Kier molecular flexibility index (Phi) is 6.23. The van der Waals surface area contributed by atoms with Crippen LogP contribution in [0.3, 0.4) is 0 Å². The number of rotatable bonds is 7. The van der Waals surface area contributed by atoms with Crippen molar-refractivity contribution in [3.8, 4) is 11.8 Å². The second-order valence-electron chi connectivity index (χ2n) is 5.99. The van der Waals surface area contributed by atoms with Crippen molar-refractivity contribution < 1.29 is 9.94 Å². The molecule has 0 heterocycles. The fourth-order valence-corrected chi connectivity index (χ4v) is 2.01. The smallest absolute Gasteiger partial charge is 0.128 e. The molecule has 4 heteroatoms. The average Bonchev–Trinajstić information content (AvgIpc) is 2.46. The zero-order chi connectivity index (χ0) is 15.9. The summed E-state index contributed by atoms with van der Waals surface area (Å²) in [4.78, 5) is 0. The van der Waals surface area contributed by atoms with Gasteiger partial charge in [0.25, 0.3) is 0 Å². The maximum absolute atomic E-state index is 8.97. The first kappa shape index (κ1) is 17.0. The summed E-state index contributed by atoms with van der Waals surface area (Å²) >= 11 is 0. The second-order valence-corrected chi connectivity index (χ2v) is 5.99. The number of hydrogen-bond acceptors (Lipinski definition) is 4. The van der Waals surface area contributed by atoms with Gasteiger partial charge in [-0.3, -0.25) is 0 Å². The van der Waals surface area contributed by atoms with Crippen molar-refractivity contribution in [1.29, 1.82) is 5.26 Å². The zero-order valence-electron chi connectivity index (χ0n) is 13.3. The minimum atomic E-state index is -0.269. The minimum Gasteiger partial charge on any atom is -0.493 e. The summed E-state index contributed by atoms with van der Waals surface area (Å²) in [5.74, 6) is 0.741. The molecule has 1 N–H and O–H groups in total. The first-order valence-corrected chi connectivity index (χ1v) is 7.23. The number of oxime groups is 1. The molecule has 0 aliphatic heterocycles. The largest absolute Gasteiger partial charge is 0.493 e. The maximum Gasteiger partial charge on any atom is 0.128 e. The third kappa shape index (κ3) is 5.47. The van der Waals surface area contributed by atoms with Crippen molar-refractivity contribution in [2.75, 3.05) is 6.61 Å². The van der Waals surface area contributed by atoms with E-state index in [-0.39, 0.29) is 5.41 Å². The van der Waals surface area contributed by atoms with E-state index in [0.29, 0.717) is 12.3 Å². The predicted octanol–water partition coefficient (Wildman–Crippen LogP) is 4.29. The number of nitriles is 1. The van der Waals surface area contributed by atoms with Gasteiger partial charge in [0.15, 0.2) is 0 Å². The number of nitrogens with zero attached hydrogens (tertiary/aromatic N) is 2. The lowest BCUT2D eigenvalue weighted by atomic mass is 9.89. The molecule has 4 nitrogen and oxygen atoms in total. The van der Waals surface area contributed by atoms with Crippen LogP contribution in [0.1, 0.15) is 51.2 Å². The van der Waals surface area contributed by atoms with Crippen LogP contribution < -0.4 is 4.74 Å². The van der Waals surface area contributed by atoms with Gasteiger partial charge in [0.05, 0.1) is 23.8 Å². The third-order valence-electron chi connectivity index (χ3n) is 3.43. The van der Waals surface area contributed by atoms with Crippen molar-refractivity contribution in [2.45, 2.75) is 47.0 Å². The number of unbranched alkanes of at least 4 members (excludes halogenated alkanes) is 1. The van der Waals surface area contributed by atoms with Crippen LogP contribution in [0.2, 0.25) is 0 Å². The van der Waals surface area contributed by atoms with Gasteiger partial charge in [-0.25, -0.2) is 0 Å². The summed E-state index contributed by atoms with van der Waals surface area (Å²) in [6.45, 7) is 8.24. The van der Waals surface area contributed by atoms with Gasteiger partial charge >= 0.3 is 0 Å². The van der Waals surface area contributed by atoms with Crippen LogP contribution in [0.25, 0.3) is 0 Å². The standard InChI is InChI=1S/C17H24N2O2/c1-13-7-8-15(14(2)19-20)16(11-13)21-10-6-5-9-17(3,4)12-18/h7-8,11,20H,5-6,9-10H2,1-4H3/b19-14-. The van der Waals surface area contributed by atoms with Crippen LogP contribution in [0.5, 0.6) is 5.75 Å². The SMILES string of the molecule is C/C(=N/O)c1ccc(C)cc1OCCCCC(C)(C)C#N. The number of benzene rings is 1. The lowest BCUT2D eigenvalue weighted by Crippen LogP contribution is -2.09. The first-order chi connectivity index (χ1) is 9.89. The molecule has 0 atom stereocenters. The van der Waals surface area contributed by atoms with Crippen LogP contribution in [0, 0.1) is 23.7 Å². The van der Waals surface area contributed by atoms with Gasteiger partial charge in [0.2, 0.25) is 0 Å². The van der Waals surface area contributed by atoms with Crippen LogP contribution >= 0.6 is 0 Å². The summed E-state index contributed by atoms with van der Waals surface area (Å²) in [6, 6.07) is 8.12. The van der Waals surface area contributed by atoms with Crippen molar-refractivity contribution in [1.82, 2.24) is 0 Å².